The number of benzene rings is 2. The van der Waals surface area contributed by atoms with E-state index in [4.69, 9.17) is 4.74 Å². The molecule has 5 nitrogen and oxygen atoms in total. The molecule has 0 aliphatic heterocycles. The smallest absolute Gasteiger partial charge is 0.275 e. The highest BCUT2D eigenvalue weighted by Crippen LogP contribution is 2.29. The van der Waals surface area contributed by atoms with E-state index in [1.54, 1.807) is 6.07 Å². The van der Waals surface area contributed by atoms with Crippen molar-refractivity contribution in [2.75, 3.05) is 12.4 Å². The third-order valence-corrected chi connectivity index (χ3v) is 3.56. The first-order chi connectivity index (χ1) is 9.99. The highest BCUT2D eigenvalue weighted by atomic mass is 79.9. The molecule has 21 heavy (non-hydrogen) atoms. The number of hydrogen-bond acceptors (Lipinski definition) is 4. The monoisotopic (exact) mass is 350 g/mol. The minimum Gasteiger partial charge on any atom is -0.496 e. The molecule has 0 bridgehead atoms. The maximum atomic E-state index is 10.9. The number of nitro groups is 1. The second-order valence-corrected chi connectivity index (χ2v) is 5.51. The second kappa shape index (κ2) is 6.58. The molecule has 0 spiro atoms. The second-order valence-electron chi connectivity index (χ2n) is 4.60. The lowest BCUT2D eigenvalue weighted by atomic mass is 10.1. The van der Waals surface area contributed by atoms with E-state index in [1.807, 2.05) is 31.2 Å². The predicted octanol–water partition coefficient (Wildman–Crippen LogP) is 4.54. The molecule has 0 aromatic heterocycles. The molecule has 0 fully saturated rings. The van der Waals surface area contributed by atoms with Crippen molar-refractivity contribution in [1.82, 2.24) is 0 Å². The van der Waals surface area contributed by atoms with Gasteiger partial charge in [-0.05, 0) is 24.6 Å². The van der Waals surface area contributed by atoms with E-state index in [0.717, 1.165) is 10.0 Å². The Labute approximate surface area is 131 Å². The molecule has 2 rings (SSSR count). The van der Waals surface area contributed by atoms with Crippen molar-refractivity contribution < 1.29 is 9.66 Å². The molecule has 2 aromatic rings. The Kier molecular flexibility index (Phi) is 4.80. The van der Waals surface area contributed by atoms with E-state index in [2.05, 4.69) is 21.2 Å². The van der Waals surface area contributed by atoms with Gasteiger partial charge in [-0.25, -0.2) is 0 Å². The molecule has 0 saturated carbocycles. The van der Waals surface area contributed by atoms with Crippen LogP contribution in [-0.2, 0) is 0 Å². The van der Waals surface area contributed by atoms with Gasteiger partial charge in [0.05, 0.1) is 18.1 Å². The van der Waals surface area contributed by atoms with Crippen LogP contribution >= 0.6 is 15.9 Å². The highest BCUT2D eigenvalue weighted by molar-refractivity contribution is 9.10. The van der Waals surface area contributed by atoms with Gasteiger partial charge in [-0.2, -0.15) is 0 Å². The first kappa shape index (κ1) is 15.3. The summed E-state index contributed by atoms with van der Waals surface area (Å²) in [5.74, 6) is 0.452. The quantitative estimate of drug-likeness (QED) is 0.635. The highest BCUT2D eigenvalue weighted by Gasteiger charge is 2.12. The molecule has 0 saturated heterocycles. The normalized spacial score (nSPS) is 11.8. The van der Waals surface area contributed by atoms with Gasteiger partial charge in [-0.15, -0.1) is 0 Å². The number of hydrogen-bond donors (Lipinski definition) is 1. The molecule has 110 valence electrons. The van der Waals surface area contributed by atoms with E-state index in [0.29, 0.717) is 11.4 Å². The largest absolute Gasteiger partial charge is 0.496 e. The molecule has 1 N–H and O–H groups in total. The lowest BCUT2D eigenvalue weighted by molar-refractivity contribution is -0.384. The van der Waals surface area contributed by atoms with Gasteiger partial charge in [0, 0.05) is 28.3 Å². The first-order valence-corrected chi connectivity index (χ1v) is 7.14. The summed E-state index contributed by atoms with van der Waals surface area (Å²) in [7, 11) is 1.49. The Bertz CT molecular complexity index is 661. The number of methoxy groups -OCH3 is 1. The number of nitro benzene ring substituents is 1. The summed E-state index contributed by atoms with van der Waals surface area (Å²) in [6.07, 6.45) is 0. The number of anilines is 1. The zero-order chi connectivity index (χ0) is 15.4. The number of nitrogens with zero attached hydrogens (tertiary/aromatic N) is 1. The molecule has 2 aromatic carbocycles. The van der Waals surface area contributed by atoms with Crippen molar-refractivity contribution in [3.8, 4) is 5.75 Å². The van der Waals surface area contributed by atoms with Crippen LogP contribution in [0.15, 0.2) is 46.9 Å². The van der Waals surface area contributed by atoms with Gasteiger partial charge in [0.15, 0.2) is 0 Å². The lowest BCUT2D eigenvalue weighted by Crippen LogP contribution is -2.07. The maximum Gasteiger partial charge on any atom is 0.275 e. The van der Waals surface area contributed by atoms with Crippen LogP contribution in [0.25, 0.3) is 0 Å². The van der Waals surface area contributed by atoms with E-state index >= 15 is 0 Å². The van der Waals surface area contributed by atoms with Crippen LogP contribution in [-0.4, -0.2) is 12.0 Å². The summed E-state index contributed by atoms with van der Waals surface area (Å²) in [6.45, 7) is 1.99. The van der Waals surface area contributed by atoms with Crippen LogP contribution < -0.4 is 10.1 Å². The van der Waals surface area contributed by atoms with E-state index in [9.17, 15) is 10.1 Å². The van der Waals surface area contributed by atoms with Crippen molar-refractivity contribution in [1.29, 1.82) is 0 Å². The van der Waals surface area contributed by atoms with Gasteiger partial charge >= 0.3 is 0 Å². The minimum absolute atomic E-state index is 0.00158. The van der Waals surface area contributed by atoms with E-state index < -0.39 is 4.92 Å². The Morgan fingerprint density at radius 2 is 2.05 bits per heavy atom. The van der Waals surface area contributed by atoms with Crippen molar-refractivity contribution in [2.45, 2.75) is 13.0 Å². The number of halogens is 1. The zero-order valence-corrected chi connectivity index (χ0v) is 13.3. The molecule has 6 heteroatoms. The molecule has 0 amide bonds. The summed E-state index contributed by atoms with van der Waals surface area (Å²) in [6, 6.07) is 12.5. The van der Waals surface area contributed by atoms with Crippen LogP contribution in [0.3, 0.4) is 0 Å². The summed E-state index contributed by atoms with van der Waals surface area (Å²) in [5.41, 5.74) is 1.72. The van der Waals surface area contributed by atoms with Gasteiger partial charge in [0.25, 0.3) is 5.69 Å². The fraction of sp³-hybridized carbons (Fsp3) is 0.200. The van der Waals surface area contributed by atoms with Gasteiger partial charge in [-0.1, -0.05) is 28.1 Å². The van der Waals surface area contributed by atoms with Crippen LogP contribution in [0.4, 0.5) is 11.4 Å². The Hall–Kier alpha value is -2.08. The number of nitrogens with one attached hydrogen (secondary N) is 1. The lowest BCUT2D eigenvalue weighted by Gasteiger charge is -2.16. The van der Waals surface area contributed by atoms with Crippen LogP contribution in [0.5, 0.6) is 5.75 Å². The zero-order valence-electron chi connectivity index (χ0n) is 11.7. The predicted molar refractivity (Wildman–Crippen MR) is 85.8 cm³/mol. The van der Waals surface area contributed by atoms with Gasteiger partial charge in [0.1, 0.15) is 5.75 Å². The van der Waals surface area contributed by atoms with Crippen LogP contribution in [0.1, 0.15) is 18.5 Å². The van der Waals surface area contributed by atoms with E-state index in [1.165, 1.54) is 19.2 Å². The van der Waals surface area contributed by atoms with E-state index in [-0.39, 0.29) is 11.7 Å². The Balaban J connectivity index is 2.26. The van der Waals surface area contributed by atoms with Crippen LogP contribution in [0, 0.1) is 10.1 Å². The van der Waals surface area contributed by atoms with Gasteiger partial charge < -0.3 is 10.1 Å². The topological polar surface area (TPSA) is 64.4 Å². The summed E-state index contributed by atoms with van der Waals surface area (Å²) in [4.78, 5) is 10.5. The molecular formula is C15H15BrN2O3. The van der Waals surface area contributed by atoms with Gasteiger partial charge in [-0.3, -0.25) is 10.1 Å². The fourth-order valence-electron chi connectivity index (χ4n) is 2.00. The molecule has 0 radical (unpaired) electrons. The van der Waals surface area contributed by atoms with Crippen molar-refractivity contribution in [3.05, 3.63) is 62.6 Å². The van der Waals surface area contributed by atoms with Crippen LogP contribution in [0.2, 0.25) is 0 Å². The number of ether oxygens (including phenoxy) is 1. The molecule has 1 unspecified atom stereocenters. The third-order valence-electron chi connectivity index (χ3n) is 3.07. The average molecular weight is 351 g/mol. The van der Waals surface area contributed by atoms with Crippen molar-refractivity contribution in [3.63, 3.8) is 0 Å². The summed E-state index contributed by atoms with van der Waals surface area (Å²) in [5, 5.41) is 14.2. The molecule has 0 aliphatic rings. The Morgan fingerprint density at radius 1 is 1.29 bits per heavy atom. The fourth-order valence-corrected chi connectivity index (χ4v) is 2.42. The van der Waals surface area contributed by atoms with Crippen molar-refractivity contribution >= 4 is 27.3 Å². The third kappa shape index (κ3) is 3.95. The Morgan fingerprint density at radius 3 is 2.67 bits per heavy atom. The standard InChI is InChI=1S/C15H15BrN2O3/c1-10(11-4-3-5-12(16)6-11)17-13-7-14(18(19)20)9-15(8-13)21-2/h3-10,17H,1-2H3. The average Bonchev–Trinajstić information content (AvgIpc) is 2.46. The SMILES string of the molecule is COc1cc(NC(C)c2cccc(Br)c2)cc([N+](=O)[O-])c1. The number of non-ortho nitro benzene ring substituents is 1. The summed E-state index contributed by atoms with van der Waals surface area (Å²) < 4.78 is 6.09. The minimum atomic E-state index is -0.433. The molecular weight excluding hydrogens is 336 g/mol. The maximum absolute atomic E-state index is 10.9. The summed E-state index contributed by atoms with van der Waals surface area (Å²) >= 11 is 3.43. The molecule has 0 aliphatic carbocycles. The first-order valence-electron chi connectivity index (χ1n) is 6.35. The molecule has 1 atom stereocenters. The number of rotatable bonds is 5. The van der Waals surface area contributed by atoms with Crippen molar-refractivity contribution in [2.24, 2.45) is 0 Å². The van der Waals surface area contributed by atoms with Gasteiger partial charge in [0.2, 0.25) is 0 Å². The molecule has 0 heterocycles.